The van der Waals surface area contributed by atoms with Crippen molar-refractivity contribution in [3.8, 4) is 5.75 Å². The van der Waals surface area contributed by atoms with Crippen LogP contribution in [0.1, 0.15) is 48.9 Å². The number of benzene rings is 2. The van der Waals surface area contributed by atoms with Gasteiger partial charge in [-0.05, 0) is 74.6 Å². The van der Waals surface area contributed by atoms with E-state index in [9.17, 15) is 14.4 Å². The Morgan fingerprint density at radius 3 is 2.64 bits per heavy atom. The fourth-order valence-corrected chi connectivity index (χ4v) is 4.56. The number of amides is 3. The Hall–Kier alpha value is -3.12. The predicted molar refractivity (Wildman–Crippen MR) is 128 cm³/mol. The molecule has 3 amide bonds. The molecule has 4 rings (SSSR count). The normalized spacial score (nSPS) is 18.3. The molecule has 0 N–H and O–H groups in total. The van der Waals surface area contributed by atoms with Gasteiger partial charge in [0.25, 0.3) is 11.8 Å². The van der Waals surface area contributed by atoms with Crippen LogP contribution in [0.3, 0.4) is 0 Å². The van der Waals surface area contributed by atoms with Crippen molar-refractivity contribution in [1.29, 1.82) is 0 Å². The molecule has 1 fully saturated rings. The van der Waals surface area contributed by atoms with Crippen molar-refractivity contribution in [3.05, 3.63) is 70.8 Å². The van der Waals surface area contributed by atoms with Crippen molar-refractivity contribution in [2.75, 3.05) is 18.6 Å². The van der Waals surface area contributed by atoms with Gasteiger partial charge in [0.1, 0.15) is 11.8 Å². The highest BCUT2D eigenvalue weighted by Crippen LogP contribution is 2.29. The number of rotatable bonds is 7. The molecule has 2 aromatic rings. The topological polar surface area (TPSA) is 66.9 Å². The molecule has 1 unspecified atom stereocenters. The van der Waals surface area contributed by atoms with Crippen molar-refractivity contribution in [2.45, 2.75) is 44.6 Å². The predicted octanol–water partition coefficient (Wildman–Crippen LogP) is 5.01. The SMILES string of the molecule is COc1cccc(C(=O)N(CCC2=CCCCC2)C2CC(=O)N(c3ccc(Cl)cc3)C2=O)c1. The molecule has 6 nitrogen and oxygen atoms in total. The molecule has 1 heterocycles. The zero-order valence-corrected chi connectivity index (χ0v) is 19.4. The van der Waals surface area contributed by atoms with Gasteiger partial charge in [-0.2, -0.15) is 0 Å². The Bertz CT molecular complexity index is 1080. The molecule has 2 aromatic carbocycles. The number of halogens is 1. The van der Waals surface area contributed by atoms with Crippen LogP contribution in [0.5, 0.6) is 5.75 Å². The molecule has 0 radical (unpaired) electrons. The number of methoxy groups -OCH3 is 1. The molecule has 0 saturated carbocycles. The maximum atomic E-state index is 13.6. The van der Waals surface area contributed by atoms with Crippen LogP contribution in [0.2, 0.25) is 5.02 Å². The fraction of sp³-hybridized carbons (Fsp3) is 0.346. The van der Waals surface area contributed by atoms with Gasteiger partial charge in [-0.15, -0.1) is 0 Å². The van der Waals surface area contributed by atoms with Gasteiger partial charge < -0.3 is 9.64 Å². The molecule has 33 heavy (non-hydrogen) atoms. The summed E-state index contributed by atoms with van der Waals surface area (Å²) in [6, 6.07) is 12.6. The van der Waals surface area contributed by atoms with Crippen molar-refractivity contribution in [1.82, 2.24) is 4.90 Å². The Morgan fingerprint density at radius 2 is 1.94 bits per heavy atom. The number of hydrogen-bond acceptors (Lipinski definition) is 4. The summed E-state index contributed by atoms with van der Waals surface area (Å²) in [6.45, 7) is 0.375. The highest BCUT2D eigenvalue weighted by atomic mass is 35.5. The van der Waals surface area contributed by atoms with E-state index in [1.807, 2.05) is 0 Å². The lowest BCUT2D eigenvalue weighted by molar-refractivity contribution is -0.122. The Kier molecular flexibility index (Phi) is 7.14. The van der Waals surface area contributed by atoms with Gasteiger partial charge in [0.15, 0.2) is 0 Å². The number of hydrogen-bond donors (Lipinski definition) is 0. The van der Waals surface area contributed by atoms with Gasteiger partial charge in [-0.1, -0.05) is 29.3 Å². The quantitative estimate of drug-likeness (QED) is 0.424. The third-order valence-electron chi connectivity index (χ3n) is 6.22. The van der Waals surface area contributed by atoms with Gasteiger partial charge >= 0.3 is 0 Å². The molecule has 172 valence electrons. The van der Waals surface area contributed by atoms with Gasteiger partial charge in [-0.25, -0.2) is 4.90 Å². The molecule has 7 heteroatoms. The van der Waals surface area contributed by atoms with E-state index >= 15 is 0 Å². The van der Waals surface area contributed by atoms with E-state index in [2.05, 4.69) is 6.08 Å². The number of imide groups is 1. The lowest BCUT2D eigenvalue weighted by Crippen LogP contribution is -2.46. The van der Waals surface area contributed by atoms with E-state index in [4.69, 9.17) is 16.3 Å². The van der Waals surface area contributed by atoms with Crippen LogP contribution in [0.25, 0.3) is 0 Å². The minimum atomic E-state index is -0.851. The fourth-order valence-electron chi connectivity index (χ4n) is 4.44. The summed E-state index contributed by atoms with van der Waals surface area (Å²) in [6.07, 6.45) is 7.26. The highest BCUT2D eigenvalue weighted by Gasteiger charge is 2.44. The lowest BCUT2D eigenvalue weighted by Gasteiger charge is -2.29. The maximum absolute atomic E-state index is 13.6. The molecular formula is C26H27ClN2O4. The van der Waals surface area contributed by atoms with Crippen molar-refractivity contribution < 1.29 is 19.1 Å². The first-order valence-corrected chi connectivity index (χ1v) is 11.6. The van der Waals surface area contributed by atoms with E-state index in [-0.39, 0.29) is 18.2 Å². The second kappa shape index (κ2) is 10.2. The number of carbonyl (C=O) groups excluding carboxylic acids is 3. The van der Waals surface area contributed by atoms with E-state index < -0.39 is 11.9 Å². The summed E-state index contributed by atoms with van der Waals surface area (Å²) in [4.78, 5) is 42.5. The minimum absolute atomic E-state index is 0.0454. The van der Waals surface area contributed by atoms with Crippen LogP contribution < -0.4 is 9.64 Å². The van der Waals surface area contributed by atoms with Gasteiger partial charge in [0, 0.05) is 17.1 Å². The van der Waals surface area contributed by atoms with Crippen LogP contribution in [0.4, 0.5) is 5.69 Å². The molecule has 1 aliphatic carbocycles. The number of nitrogens with zero attached hydrogens (tertiary/aromatic N) is 2. The standard InChI is InChI=1S/C26H27ClN2O4/c1-33-22-9-5-8-19(16-22)25(31)28(15-14-18-6-3-2-4-7-18)23-17-24(30)29(26(23)32)21-12-10-20(27)11-13-21/h5-6,8-13,16,23H,2-4,7,14-15,17H2,1H3. The lowest BCUT2D eigenvalue weighted by atomic mass is 9.96. The van der Waals surface area contributed by atoms with Crippen LogP contribution in [0, 0.1) is 0 Å². The minimum Gasteiger partial charge on any atom is -0.497 e. The molecule has 1 saturated heterocycles. The van der Waals surface area contributed by atoms with E-state index in [1.165, 1.54) is 12.0 Å². The Labute approximate surface area is 198 Å². The largest absolute Gasteiger partial charge is 0.497 e. The first kappa shape index (κ1) is 23.1. The van der Waals surface area contributed by atoms with Crippen LogP contribution in [0.15, 0.2) is 60.2 Å². The molecule has 0 aromatic heterocycles. The Balaban J connectivity index is 1.62. The summed E-state index contributed by atoms with van der Waals surface area (Å²) in [5, 5.41) is 0.519. The van der Waals surface area contributed by atoms with Crippen LogP contribution >= 0.6 is 11.6 Å². The highest BCUT2D eigenvalue weighted by molar-refractivity contribution is 6.31. The monoisotopic (exact) mass is 466 g/mol. The number of allylic oxidation sites excluding steroid dienone is 1. The molecule has 1 atom stereocenters. The molecule has 0 bridgehead atoms. The van der Waals surface area contributed by atoms with Gasteiger partial charge in [-0.3, -0.25) is 14.4 Å². The number of ether oxygens (including phenoxy) is 1. The average molecular weight is 467 g/mol. The summed E-state index contributed by atoms with van der Waals surface area (Å²) in [5.41, 5.74) is 2.19. The zero-order valence-electron chi connectivity index (χ0n) is 18.6. The first-order valence-electron chi connectivity index (χ1n) is 11.2. The summed E-state index contributed by atoms with van der Waals surface area (Å²) in [5.74, 6) is -0.439. The Morgan fingerprint density at radius 1 is 1.15 bits per heavy atom. The average Bonchev–Trinajstić information content (AvgIpc) is 3.14. The summed E-state index contributed by atoms with van der Waals surface area (Å²) >= 11 is 5.96. The van der Waals surface area contributed by atoms with Gasteiger partial charge in [0.05, 0.1) is 19.2 Å². The summed E-state index contributed by atoms with van der Waals surface area (Å²) in [7, 11) is 1.54. The van der Waals surface area contributed by atoms with E-state index in [1.54, 1.807) is 60.5 Å². The van der Waals surface area contributed by atoms with Crippen molar-refractivity contribution in [3.63, 3.8) is 0 Å². The third-order valence-corrected chi connectivity index (χ3v) is 6.47. The molecule has 1 aliphatic heterocycles. The summed E-state index contributed by atoms with van der Waals surface area (Å²) < 4.78 is 5.27. The molecular weight excluding hydrogens is 440 g/mol. The van der Waals surface area contributed by atoms with Crippen LogP contribution in [-0.4, -0.2) is 42.3 Å². The van der Waals surface area contributed by atoms with Crippen molar-refractivity contribution in [2.24, 2.45) is 0 Å². The zero-order chi connectivity index (χ0) is 23.4. The van der Waals surface area contributed by atoms with E-state index in [0.717, 1.165) is 24.2 Å². The van der Waals surface area contributed by atoms with Crippen molar-refractivity contribution >= 4 is 35.0 Å². The maximum Gasteiger partial charge on any atom is 0.257 e. The van der Waals surface area contributed by atoms with Gasteiger partial charge in [0.2, 0.25) is 5.91 Å². The third kappa shape index (κ3) is 5.11. The second-order valence-corrected chi connectivity index (χ2v) is 8.79. The molecule has 0 spiro atoms. The number of anilines is 1. The number of carbonyl (C=O) groups is 3. The van der Waals surface area contributed by atoms with E-state index in [0.29, 0.717) is 35.0 Å². The first-order chi connectivity index (χ1) is 16.0. The van der Waals surface area contributed by atoms with Crippen LogP contribution in [-0.2, 0) is 9.59 Å². The smallest absolute Gasteiger partial charge is 0.257 e. The molecule has 2 aliphatic rings. The second-order valence-electron chi connectivity index (χ2n) is 8.35.